The number of fused-ring (bicyclic) bond motifs is 5. The van der Waals surface area contributed by atoms with Gasteiger partial charge >= 0.3 is 0 Å². The molecule has 6 heteroatoms. The van der Waals surface area contributed by atoms with Crippen molar-refractivity contribution in [1.82, 2.24) is 4.98 Å². The summed E-state index contributed by atoms with van der Waals surface area (Å²) in [5, 5.41) is 7.23. The van der Waals surface area contributed by atoms with Gasteiger partial charge in [0.1, 0.15) is 0 Å². The summed E-state index contributed by atoms with van der Waals surface area (Å²) < 4.78 is 0. The van der Waals surface area contributed by atoms with E-state index in [0.29, 0.717) is 35.2 Å². The molecule has 1 heterocycles. The molecule has 6 atom stereocenters. The number of rotatable bonds is 5. The summed E-state index contributed by atoms with van der Waals surface area (Å²) in [5.74, 6) is 2.06. The lowest BCUT2D eigenvalue weighted by Gasteiger charge is -2.51. The van der Waals surface area contributed by atoms with Gasteiger partial charge < -0.3 is 5.32 Å². The first-order valence-electron chi connectivity index (χ1n) is 11.6. The van der Waals surface area contributed by atoms with Gasteiger partial charge in [-0.1, -0.05) is 36.4 Å². The largest absolute Gasteiger partial charge is 0.302 e. The zero-order chi connectivity index (χ0) is 21.6. The van der Waals surface area contributed by atoms with Gasteiger partial charge in [0.15, 0.2) is 5.13 Å². The highest BCUT2D eigenvalue weighted by atomic mass is 32.1. The quantitative estimate of drug-likeness (QED) is 0.576. The number of thiazole rings is 1. The Hall–Kier alpha value is -2.08. The van der Waals surface area contributed by atoms with Crippen molar-refractivity contribution in [2.24, 2.45) is 28.3 Å². The van der Waals surface area contributed by atoms with Crippen molar-refractivity contribution in [2.75, 3.05) is 5.32 Å². The zero-order valence-electron chi connectivity index (χ0n) is 18.3. The van der Waals surface area contributed by atoms with E-state index in [2.05, 4.69) is 46.7 Å². The molecule has 1 aromatic heterocycles. The smallest absolute Gasteiger partial charge is 0.226 e. The highest BCUT2D eigenvalue weighted by Crippen LogP contribution is 2.64. The molecule has 5 nitrogen and oxygen atoms in total. The molecule has 1 aromatic carbocycles. The molecule has 3 aliphatic carbocycles. The molecule has 0 aliphatic heterocycles. The Bertz CT molecular complexity index is 989. The Kier molecular flexibility index (Phi) is 5.45. The van der Waals surface area contributed by atoms with E-state index in [1.807, 2.05) is 6.92 Å². The Morgan fingerprint density at radius 3 is 2.94 bits per heavy atom. The number of carbonyl (C=O) groups excluding carboxylic acids is 1. The maximum atomic E-state index is 12.6. The summed E-state index contributed by atoms with van der Waals surface area (Å²) in [4.78, 5) is 29.7. The minimum atomic E-state index is -0.120. The van der Waals surface area contributed by atoms with Crippen LogP contribution in [0.3, 0.4) is 0 Å². The molecule has 5 rings (SSSR count). The molecule has 0 bridgehead atoms. The van der Waals surface area contributed by atoms with Crippen LogP contribution in [0.1, 0.15) is 67.4 Å². The summed E-state index contributed by atoms with van der Waals surface area (Å²) in [6.07, 6.45) is 8.45. The van der Waals surface area contributed by atoms with Crippen molar-refractivity contribution in [1.29, 1.82) is 0 Å². The first-order chi connectivity index (χ1) is 15.0. The van der Waals surface area contributed by atoms with Gasteiger partial charge in [0, 0.05) is 17.5 Å². The van der Waals surface area contributed by atoms with E-state index in [9.17, 15) is 9.70 Å². The van der Waals surface area contributed by atoms with Gasteiger partial charge in [-0.05, 0) is 85.7 Å². The van der Waals surface area contributed by atoms with Crippen LogP contribution < -0.4 is 5.32 Å². The van der Waals surface area contributed by atoms with Crippen LogP contribution in [0.15, 0.2) is 35.6 Å². The van der Waals surface area contributed by atoms with Crippen molar-refractivity contribution in [2.45, 2.75) is 70.8 Å². The summed E-state index contributed by atoms with van der Waals surface area (Å²) in [7, 11) is 0. The highest BCUT2D eigenvalue weighted by Gasteiger charge is 2.59. The molecule has 2 aromatic rings. The number of nitrogens with one attached hydrogen (secondary N) is 1. The molecule has 1 N–H and O–H groups in total. The fraction of sp³-hybridized carbons (Fsp3) is 0.600. The number of aromatic nitrogens is 1. The molecule has 2 fully saturated rings. The normalized spacial score (nSPS) is 33.8. The van der Waals surface area contributed by atoms with Gasteiger partial charge in [0.25, 0.3) is 0 Å². The van der Waals surface area contributed by atoms with Crippen LogP contribution in [0.25, 0.3) is 0 Å². The van der Waals surface area contributed by atoms with Crippen molar-refractivity contribution < 1.29 is 4.79 Å². The van der Waals surface area contributed by atoms with E-state index >= 15 is 0 Å². The Morgan fingerprint density at radius 2 is 2.16 bits per heavy atom. The molecule has 0 spiro atoms. The lowest BCUT2D eigenvalue weighted by molar-refractivity contribution is -0.116. The third kappa shape index (κ3) is 3.63. The first kappa shape index (κ1) is 20.8. The molecule has 0 saturated heterocycles. The molecule has 164 valence electrons. The molecular weight excluding hydrogens is 406 g/mol. The van der Waals surface area contributed by atoms with Crippen LogP contribution in [0.2, 0.25) is 0 Å². The van der Waals surface area contributed by atoms with Crippen molar-refractivity contribution in [3.63, 3.8) is 0 Å². The second kappa shape index (κ2) is 8.12. The summed E-state index contributed by atoms with van der Waals surface area (Å²) in [6, 6.07) is 8.80. The number of hydrogen-bond donors (Lipinski definition) is 1. The lowest BCUT2D eigenvalue weighted by atomic mass is 9.53. The number of benzene rings is 1. The maximum Gasteiger partial charge on any atom is 0.226 e. The van der Waals surface area contributed by atoms with Crippen molar-refractivity contribution >= 4 is 22.4 Å². The number of nitrogens with zero attached hydrogens (tertiary/aromatic N) is 2. The SMILES string of the molecule is Cc1cnc(NC(=O)CCC2CC(N=O)C3(C)CCC4c5ccccc5CCC4C23)s1. The second-order valence-corrected chi connectivity index (χ2v) is 11.3. The Labute approximate surface area is 188 Å². The van der Waals surface area contributed by atoms with Gasteiger partial charge in [-0.25, -0.2) is 4.98 Å². The molecule has 0 radical (unpaired) electrons. The van der Waals surface area contributed by atoms with E-state index in [1.54, 1.807) is 6.20 Å². The van der Waals surface area contributed by atoms with Crippen LogP contribution >= 0.6 is 11.3 Å². The fourth-order valence-corrected chi connectivity index (χ4v) is 7.83. The monoisotopic (exact) mass is 437 g/mol. The Morgan fingerprint density at radius 1 is 1.32 bits per heavy atom. The summed E-state index contributed by atoms with van der Waals surface area (Å²) >= 11 is 1.50. The minimum absolute atomic E-state index is 0.0250. The lowest BCUT2D eigenvalue weighted by Crippen LogP contribution is -2.45. The van der Waals surface area contributed by atoms with Crippen LogP contribution in [-0.4, -0.2) is 16.9 Å². The van der Waals surface area contributed by atoms with E-state index < -0.39 is 0 Å². The average molecular weight is 438 g/mol. The number of aryl methyl sites for hydroxylation is 2. The minimum Gasteiger partial charge on any atom is -0.302 e. The average Bonchev–Trinajstić information content (AvgIpc) is 3.31. The predicted octanol–water partition coefficient (Wildman–Crippen LogP) is 6.09. The van der Waals surface area contributed by atoms with Gasteiger partial charge in [-0.3, -0.25) is 4.79 Å². The standard InChI is InChI=1S/C25H31N3O2S/c1-15-14-26-24(31-15)27-22(29)10-8-17-13-21(28-30)25(2)12-11-19-18-6-4-3-5-16(18)7-9-20(19)23(17)25/h3-6,14,17,19-21,23H,7-13H2,1-2H3,(H,26,27,29). The predicted molar refractivity (Wildman–Crippen MR) is 124 cm³/mol. The molecule has 1 amide bonds. The third-order valence-electron chi connectivity index (χ3n) is 8.47. The zero-order valence-corrected chi connectivity index (χ0v) is 19.2. The molecule has 2 saturated carbocycles. The summed E-state index contributed by atoms with van der Waals surface area (Å²) in [5.41, 5.74) is 3.01. The molecular formula is C25H31N3O2S. The van der Waals surface area contributed by atoms with E-state index in [-0.39, 0.29) is 17.4 Å². The number of carbonyl (C=O) groups is 1. The van der Waals surface area contributed by atoms with Gasteiger partial charge in [0.2, 0.25) is 5.91 Å². The van der Waals surface area contributed by atoms with Crippen LogP contribution in [0.4, 0.5) is 5.13 Å². The van der Waals surface area contributed by atoms with Crippen LogP contribution in [0, 0.1) is 35.0 Å². The third-order valence-corrected chi connectivity index (χ3v) is 9.30. The maximum absolute atomic E-state index is 12.6. The van der Waals surface area contributed by atoms with E-state index in [0.717, 1.165) is 37.0 Å². The number of nitroso groups, excluding NO2 is 1. The van der Waals surface area contributed by atoms with Crippen molar-refractivity contribution in [3.05, 3.63) is 51.4 Å². The van der Waals surface area contributed by atoms with Crippen LogP contribution in [-0.2, 0) is 11.2 Å². The van der Waals surface area contributed by atoms with Crippen molar-refractivity contribution in [3.8, 4) is 0 Å². The van der Waals surface area contributed by atoms with E-state index in [1.165, 1.54) is 28.9 Å². The molecule has 31 heavy (non-hydrogen) atoms. The fourth-order valence-electron chi connectivity index (χ4n) is 7.15. The van der Waals surface area contributed by atoms with Gasteiger partial charge in [-0.15, -0.1) is 11.3 Å². The first-order valence-corrected chi connectivity index (χ1v) is 12.4. The van der Waals surface area contributed by atoms with E-state index in [4.69, 9.17) is 0 Å². The Balaban J connectivity index is 1.34. The van der Waals surface area contributed by atoms with Gasteiger partial charge in [0.05, 0.1) is 6.04 Å². The topological polar surface area (TPSA) is 71.4 Å². The molecule has 6 unspecified atom stereocenters. The number of hydrogen-bond acceptors (Lipinski definition) is 5. The summed E-state index contributed by atoms with van der Waals surface area (Å²) in [6.45, 7) is 4.29. The number of amides is 1. The number of anilines is 1. The van der Waals surface area contributed by atoms with Gasteiger partial charge in [-0.2, -0.15) is 4.91 Å². The second-order valence-electron chi connectivity index (χ2n) is 10.1. The molecule has 3 aliphatic rings. The van der Waals surface area contributed by atoms with Crippen LogP contribution in [0.5, 0.6) is 0 Å². The highest BCUT2D eigenvalue weighted by molar-refractivity contribution is 7.15.